The van der Waals surface area contributed by atoms with Crippen LogP contribution in [0.15, 0.2) is 24.5 Å². The lowest BCUT2D eigenvalue weighted by atomic mass is 9.71. The average molecular weight is 395 g/mol. The summed E-state index contributed by atoms with van der Waals surface area (Å²) in [7, 11) is 0. The minimum atomic E-state index is -0.662. The Morgan fingerprint density at radius 1 is 1.35 bits per heavy atom. The summed E-state index contributed by atoms with van der Waals surface area (Å²) in [6.07, 6.45) is 5.41. The number of aliphatic carboxylic acids is 1. The molecule has 0 aromatic carbocycles. The van der Waals surface area contributed by atoms with Crippen molar-refractivity contribution in [3.8, 4) is 0 Å². The Bertz CT molecular complexity index is 755. The summed E-state index contributed by atoms with van der Waals surface area (Å²) in [5, 5.41) is 9.80. The van der Waals surface area contributed by atoms with Gasteiger partial charge in [0.2, 0.25) is 0 Å². The van der Waals surface area contributed by atoms with Crippen molar-refractivity contribution in [2.45, 2.75) is 25.9 Å². The first-order valence-electron chi connectivity index (χ1n) is 8.94. The highest BCUT2D eigenvalue weighted by atomic mass is 35.5. The lowest BCUT2D eigenvalue weighted by molar-refractivity contribution is -0.146. The van der Waals surface area contributed by atoms with Crippen LogP contribution < -0.4 is 0 Å². The molecule has 0 amide bonds. The molecule has 2 N–H and O–H groups in total. The molecule has 6 nitrogen and oxygen atoms in total. The van der Waals surface area contributed by atoms with E-state index in [4.69, 9.17) is 11.6 Å². The first-order chi connectivity index (χ1) is 12.5. The van der Waals surface area contributed by atoms with Crippen LogP contribution in [0.4, 0.5) is 0 Å². The van der Waals surface area contributed by atoms with Crippen molar-refractivity contribution < 1.29 is 9.90 Å². The molecule has 4 rings (SSSR count). The average Bonchev–Trinajstić information content (AvgIpc) is 3.32. The number of halogens is 1. The molecule has 2 aromatic rings. The monoisotopic (exact) mass is 394 g/mol. The Morgan fingerprint density at radius 3 is 2.77 bits per heavy atom. The summed E-state index contributed by atoms with van der Waals surface area (Å²) in [4.78, 5) is 25.3. The van der Waals surface area contributed by atoms with Crippen molar-refractivity contribution in [3.63, 3.8) is 0 Å². The number of rotatable bonds is 5. The van der Waals surface area contributed by atoms with Crippen LogP contribution in [-0.2, 0) is 17.9 Å². The molecule has 0 radical (unpaired) electrons. The highest BCUT2D eigenvalue weighted by Gasteiger charge is 2.51. The third kappa shape index (κ3) is 3.67. The van der Waals surface area contributed by atoms with E-state index in [1.165, 1.54) is 4.88 Å². The van der Waals surface area contributed by atoms with E-state index in [9.17, 15) is 9.90 Å². The number of thiophene rings is 1. The van der Waals surface area contributed by atoms with E-state index >= 15 is 0 Å². The van der Waals surface area contributed by atoms with Gasteiger partial charge in [-0.3, -0.25) is 14.6 Å². The van der Waals surface area contributed by atoms with Gasteiger partial charge in [-0.2, -0.15) is 0 Å². The Labute approximate surface area is 161 Å². The summed E-state index contributed by atoms with van der Waals surface area (Å²) >= 11 is 7.65. The van der Waals surface area contributed by atoms with Gasteiger partial charge in [-0.05, 0) is 38.1 Å². The van der Waals surface area contributed by atoms with Gasteiger partial charge in [-0.1, -0.05) is 11.6 Å². The van der Waals surface area contributed by atoms with Crippen molar-refractivity contribution in [2.75, 3.05) is 26.2 Å². The van der Waals surface area contributed by atoms with Crippen molar-refractivity contribution in [1.82, 2.24) is 19.8 Å². The first-order valence-corrected chi connectivity index (χ1v) is 10.1. The molecule has 0 bridgehead atoms. The van der Waals surface area contributed by atoms with E-state index in [1.54, 1.807) is 17.5 Å². The van der Waals surface area contributed by atoms with Crippen molar-refractivity contribution in [1.29, 1.82) is 0 Å². The van der Waals surface area contributed by atoms with E-state index in [0.29, 0.717) is 13.1 Å². The summed E-state index contributed by atoms with van der Waals surface area (Å²) in [5.74, 6) is -0.0561. The van der Waals surface area contributed by atoms with Crippen molar-refractivity contribution in [2.24, 2.45) is 11.3 Å². The number of likely N-dealkylation sites (tertiary alicyclic amines) is 2. The molecular weight excluding hydrogens is 372 g/mol. The fourth-order valence-corrected chi connectivity index (χ4v) is 5.58. The maximum atomic E-state index is 11.9. The third-order valence-electron chi connectivity index (χ3n) is 5.80. The molecule has 0 saturated carbocycles. The van der Waals surface area contributed by atoms with E-state index in [1.807, 2.05) is 12.3 Å². The molecule has 4 heterocycles. The topological polar surface area (TPSA) is 72.5 Å². The van der Waals surface area contributed by atoms with Gasteiger partial charge in [-0.15, -0.1) is 11.3 Å². The number of piperidine rings is 1. The fraction of sp³-hybridized carbons (Fsp3) is 0.556. The van der Waals surface area contributed by atoms with Crippen LogP contribution in [-0.4, -0.2) is 57.0 Å². The largest absolute Gasteiger partial charge is 0.481 e. The third-order valence-corrected chi connectivity index (χ3v) is 7.02. The predicted molar refractivity (Wildman–Crippen MR) is 101 cm³/mol. The number of imidazole rings is 1. The quantitative estimate of drug-likeness (QED) is 0.815. The number of aromatic amines is 1. The van der Waals surface area contributed by atoms with Crippen LogP contribution in [0.2, 0.25) is 4.34 Å². The molecule has 2 saturated heterocycles. The molecule has 2 aliphatic heterocycles. The molecule has 2 fully saturated rings. The van der Waals surface area contributed by atoms with Gasteiger partial charge in [0.05, 0.1) is 16.8 Å². The predicted octanol–water partition coefficient (Wildman–Crippen LogP) is 2.92. The maximum absolute atomic E-state index is 11.9. The van der Waals surface area contributed by atoms with Crippen LogP contribution >= 0.6 is 22.9 Å². The molecule has 1 spiro atoms. The van der Waals surface area contributed by atoms with Crippen molar-refractivity contribution >= 4 is 28.9 Å². The number of hydrogen-bond acceptors (Lipinski definition) is 5. The number of nitrogens with zero attached hydrogens (tertiary/aromatic N) is 3. The number of carbonyl (C=O) groups is 1. The Kier molecular flexibility index (Phi) is 5.05. The first kappa shape index (κ1) is 18.0. The molecule has 2 aliphatic rings. The van der Waals surface area contributed by atoms with E-state index in [0.717, 1.165) is 49.2 Å². The number of H-pyrrole nitrogens is 1. The molecule has 26 heavy (non-hydrogen) atoms. The summed E-state index contributed by atoms with van der Waals surface area (Å²) in [6.45, 7) is 4.92. The molecule has 0 aliphatic carbocycles. The summed E-state index contributed by atoms with van der Waals surface area (Å²) in [5.41, 5.74) is -0.123. The van der Waals surface area contributed by atoms with Gasteiger partial charge >= 0.3 is 5.97 Å². The highest BCUT2D eigenvalue weighted by molar-refractivity contribution is 7.16. The van der Waals surface area contributed by atoms with Gasteiger partial charge in [0.25, 0.3) is 0 Å². The van der Waals surface area contributed by atoms with E-state index in [2.05, 4.69) is 25.8 Å². The second kappa shape index (κ2) is 7.31. The number of nitrogens with one attached hydrogen (secondary N) is 1. The number of hydrogen-bond donors (Lipinski definition) is 2. The minimum absolute atomic E-state index is 0.123. The van der Waals surface area contributed by atoms with Gasteiger partial charge in [0.1, 0.15) is 5.82 Å². The zero-order valence-corrected chi connectivity index (χ0v) is 16.1. The van der Waals surface area contributed by atoms with Crippen LogP contribution in [0.25, 0.3) is 0 Å². The zero-order chi connectivity index (χ0) is 18.1. The van der Waals surface area contributed by atoms with E-state index < -0.39 is 5.97 Å². The molecule has 1 atom stereocenters. The van der Waals surface area contributed by atoms with Gasteiger partial charge in [0, 0.05) is 42.3 Å². The van der Waals surface area contributed by atoms with Crippen LogP contribution in [0.3, 0.4) is 0 Å². The smallest absolute Gasteiger partial charge is 0.308 e. The number of aromatic nitrogens is 2. The lowest BCUT2D eigenvalue weighted by Gasteiger charge is -2.41. The second-order valence-corrected chi connectivity index (χ2v) is 9.24. The fourth-order valence-electron chi connectivity index (χ4n) is 4.45. The lowest BCUT2D eigenvalue weighted by Crippen LogP contribution is -2.45. The van der Waals surface area contributed by atoms with Gasteiger partial charge in [0.15, 0.2) is 0 Å². The van der Waals surface area contributed by atoms with E-state index in [-0.39, 0.29) is 11.3 Å². The Balaban J connectivity index is 1.40. The highest BCUT2D eigenvalue weighted by Crippen LogP contribution is 2.45. The second-order valence-electron chi connectivity index (χ2n) is 7.44. The molecule has 8 heteroatoms. The summed E-state index contributed by atoms with van der Waals surface area (Å²) in [6, 6.07) is 4.02. The Morgan fingerprint density at radius 2 is 2.15 bits per heavy atom. The molecule has 140 valence electrons. The standard InChI is InChI=1S/C18H23ClN4O2S/c19-15-2-1-13(26-15)9-22-7-3-18(4-8-22)12-23(10-14(18)17(24)25)11-16-20-5-6-21-16/h1-2,5-6,14H,3-4,7-12H2,(H,20,21)(H,24,25). The summed E-state index contributed by atoms with van der Waals surface area (Å²) < 4.78 is 0.823. The molecule has 1 unspecified atom stereocenters. The van der Waals surface area contributed by atoms with Gasteiger partial charge in [-0.25, -0.2) is 4.98 Å². The maximum Gasteiger partial charge on any atom is 0.308 e. The Hall–Kier alpha value is -1.41. The zero-order valence-electron chi connectivity index (χ0n) is 14.5. The van der Waals surface area contributed by atoms with Crippen LogP contribution in [0.1, 0.15) is 23.5 Å². The SMILES string of the molecule is O=C(O)C1CN(Cc2ncc[nH]2)CC12CCN(Cc1ccc(Cl)s1)CC2. The minimum Gasteiger partial charge on any atom is -0.481 e. The van der Waals surface area contributed by atoms with Crippen LogP contribution in [0, 0.1) is 11.3 Å². The molecule has 2 aromatic heterocycles. The normalized spacial score (nSPS) is 23.7. The number of carboxylic acids is 1. The van der Waals surface area contributed by atoms with Gasteiger partial charge < -0.3 is 10.1 Å². The van der Waals surface area contributed by atoms with Crippen molar-refractivity contribution in [3.05, 3.63) is 39.6 Å². The number of carboxylic acid groups (broad SMARTS) is 1. The molecular formula is C18H23ClN4O2S. The van der Waals surface area contributed by atoms with Crippen LogP contribution in [0.5, 0.6) is 0 Å².